The summed E-state index contributed by atoms with van der Waals surface area (Å²) in [5.41, 5.74) is -1.08. The van der Waals surface area contributed by atoms with Crippen molar-refractivity contribution in [3.63, 3.8) is 0 Å². The lowest BCUT2D eigenvalue weighted by molar-refractivity contribution is -0.194. The Balaban J connectivity index is 1.44. The second-order valence-corrected chi connectivity index (χ2v) is 12.6. The third kappa shape index (κ3) is 7.50. The van der Waals surface area contributed by atoms with Crippen LogP contribution in [0.4, 0.5) is 13.2 Å². The average Bonchev–Trinajstić information content (AvgIpc) is 3.48. The van der Waals surface area contributed by atoms with E-state index in [4.69, 9.17) is 32.7 Å². The van der Waals surface area contributed by atoms with E-state index in [1.807, 2.05) is 0 Å². The maximum absolute atomic E-state index is 13.9. The first kappa shape index (κ1) is 32.9. The number of thioether (sulfide) groups is 1. The van der Waals surface area contributed by atoms with E-state index in [0.717, 1.165) is 23.9 Å². The summed E-state index contributed by atoms with van der Waals surface area (Å²) < 4.78 is 54.7. The average molecular weight is 678 g/mol. The normalized spacial score (nSPS) is 27.3. The number of nitrogens with one attached hydrogen (secondary N) is 1. The van der Waals surface area contributed by atoms with Gasteiger partial charge in [-0.25, -0.2) is 17.9 Å². The largest absolute Gasteiger partial charge is 0.394 e. The van der Waals surface area contributed by atoms with Crippen molar-refractivity contribution in [2.75, 3.05) is 13.2 Å². The number of hydrogen-bond acceptors (Lipinski definition) is 9. The van der Waals surface area contributed by atoms with E-state index in [9.17, 15) is 33.3 Å². The summed E-state index contributed by atoms with van der Waals surface area (Å²) in [5, 5.41) is 42.6. The van der Waals surface area contributed by atoms with Crippen LogP contribution in [0, 0.1) is 17.5 Å². The molecule has 1 amide bonds. The van der Waals surface area contributed by atoms with E-state index >= 15 is 0 Å². The Labute approximate surface area is 264 Å². The third-order valence-corrected chi connectivity index (χ3v) is 9.41. The van der Waals surface area contributed by atoms with Crippen LogP contribution >= 0.6 is 35.0 Å². The van der Waals surface area contributed by atoms with Gasteiger partial charge in [-0.1, -0.05) is 40.2 Å². The zero-order valence-corrected chi connectivity index (χ0v) is 25.3. The number of benzene rings is 2. The molecule has 1 aromatic heterocycles. The summed E-state index contributed by atoms with van der Waals surface area (Å²) in [4.78, 5) is 13.5. The van der Waals surface area contributed by atoms with Crippen LogP contribution in [0.2, 0.25) is 10.0 Å². The van der Waals surface area contributed by atoms with Crippen molar-refractivity contribution in [1.82, 2.24) is 20.3 Å². The minimum Gasteiger partial charge on any atom is -0.394 e. The second-order valence-electron chi connectivity index (χ2n) is 10.6. The highest BCUT2D eigenvalue weighted by molar-refractivity contribution is 7.99. The molecular formula is C28H29Cl2F3N4O6S. The van der Waals surface area contributed by atoms with Crippen molar-refractivity contribution in [3.8, 4) is 11.3 Å². The van der Waals surface area contributed by atoms with Gasteiger partial charge in [0.1, 0.15) is 42.1 Å². The summed E-state index contributed by atoms with van der Waals surface area (Å²) >= 11 is 13.4. The van der Waals surface area contributed by atoms with Crippen molar-refractivity contribution in [2.24, 2.45) is 0 Å². The monoisotopic (exact) mass is 676 g/mol. The number of ether oxygens (including phenoxy) is 2. The van der Waals surface area contributed by atoms with Crippen LogP contribution < -0.4 is 5.32 Å². The fourth-order valence-electron chi connectivity index (χ4n) is 5.24. The van der Waals surface area contributed by atoms with Gasteiger partial charge < -0.3 is 30.1 Å². The summed E-state index contributed by atoms with van der Waals surface area (Å²) in [6, 6.07) is 5.13. The van der Waals surface area contributed by atoms with Gasteiger partial charge in [0.25, 0.3) is 0 Å². The van der Waals surface area contributed by atoms with E-state index in [1.54, 1.807) is 18.2 Å². The zero-order valence-electron chi connectivity index (χ0n) is 23.0. The molecule has 5 atom stereocenters. The molecule has 3 aromatic rings. The lowest BCUT2D eigenvalue weighted by Crippen LogP contribution is -2.56. The molecule has 1 saturated carbocycles. The Kier molecular flexibility index (Phi) is 10.7. The molecule has 44 heavy (non-hydrogen) atoms. The van der Waals surface area contributed by atoms with E-state index in [0.29, 0.717) is 35.6 Å². The number of carbonyl (C=O) groups excluding carboxylic acids is 1. The molecule has 16 heteroatoms. The van der Waals surface area contributed by atoms with Crippen LogP contribution in [0.15, 0.2) is 41.4 Å². The second kappa shape index (κ2) is 14.3. The molecule has 0 spiro atoms. The summed E-state index contributed by atoms with van der Waals surface area (Å²) in [6.07, 6.45) is -0.411. The molecule has 1 aliphatic heterocycles. The SMILES string of the molecule is O=C(CO[C@@H]1[C@@H](n2cc(-c3cc(F)c(F)c(F)c3)nn2)[C@@H](O)[C@@H](CO)O[C@@H]1Sc1ccc(Cl)c(Cl)c1)NC1CCC(O)CC1. The van der Waals surface area contributed by atoms with Gasteiger partial charge in [-0.15, -0.1) is 5.10 Å². The number of nitrogens with zero attached hydrogens (tertiary/aromatic N) is 3. The Hall–Kier alpha value is -2.43. The lowest BCUT2D eigenvalue weighted by Gasteiger charge is -2.43. The molecule has 10 nitrogen and oxygen atoms in total. The van der Waals surface area contributed by atoms with Crippen molar-refractivity contribution < 1.29 is 42.8 Å². The van der Waals surface area contributed by atoms with Gasteiger partial charge in [0.05, 0.1) is 29.0 Å². The maximum atomic E-state index is 13.9. The molecule has 0 radical (unpaired) electrons. The minimum absolute atomic E-state index is 0.0355. The van der Waals surface area contributed by atoms with Gasteiger partial charge in [-0.05, 0) is 56.0 Å². The first-order chi connectivity index (χ1) is 21.0. The van der Waals surface area contributed by atoms with Crippen LogP contribution in [0.1, 0.15) is 31.7 Å². The van der Waals surface area contributed by atoms with E-state index in [-0.39, 0.29) is 22.3 Å². The molecule has 2 fully saturated rings. The van der Waals surface area contributed by atoms with Crippen molar-refractivity contribution in [1.29, 1.82) is 0 Å². The molecule has 2 aromatic carbocycles. The number of aliphatic hydroxyl groups is 3. The molecule has 4 N–H and O–H groups in total. The molecule has 1 aliphatic carbocycles. The van der Waals surface area contributed by atoms with Gasteiger partial charge in [0.2, 0.25) is 5.91 Å². The highest BCUT2D eigenvalue weighted by atomic mass is 35.5. The van der Waals surface area contributed by atoms with Crippen LogP contribution in [0.25, 0.3) is 11.3 Å². The van der Waals surface area contributed by atoms with Crippen LogP contribution in [-0.2, 0) is 14.3 Å². The summed E-state index contributed by atoms with van der Waals surface area (Å²) in [5.74, 6) is -4.90. The summed E-state index contributed by atoms with van der Waals surface area (Å²) in [7, 11) is 0. The van der Waals surface area contributed by atoms with Crippen molar-refractivity contribution in [2.45, 2.75) is 72.5 Å². The molecule has 0 unspecified atom stereocenters. The van der Waals surface area contributed by atoms with Gasteiger partial charge in [0.15, 0.2) is 17.5 Å². The van der Waals surface area contributed by atoms with Crippen molar-refractivity contribution in [3.05, 3.63) is 64.0 Å². The first-order valence-electron chi connectivity index (χ1n) is 13.8. The minimum atomic E-state index is -1.63. The Bertz CT molecular complexity index is 1460. The van der Waals surface area contributed by atoms with Gasteiger partial charge in [-0.3, -0.25) is 4.79 Å². The highest BCUT2D eigenvalue weighted by Gasteiger charge is 2.48. The van der Waals surface area contributed by atoms with Crippen LogP contribution in [0.3, 0.4) is 0 Å². The molecule has 2 heterocycles. The quantitative estimate of drug-likeness (QED) is 0.249. The topological polar surface area (TPSA) is 139 Å². The number of amides is 1. The smallest absolute Gasteiger partial charge is 0.246 e. The summed E-state index contributed by atoms with van der Waals surface area (Å²) in [6.45, 7) is -1.03. The van der Waals surface area contributed by atoms with Gasteiger partial charge in [-0.2, -0.15) is 0 Å². The van der Waals surface area contributed by atoms with E-state index in [2.05, 4.69) is 15.6 Å². The molecule has 5 rings (SSSR count). The number of hydrogen-bond donors (Lipinski definition) is 4. The number of carbonyl (C=O) groups is 1. The fourth-order valence-corrected chi connectivity index (χ4v) is 6.77. The molecule has 1 saturated heterocycles. The molecule has 2 aliphatic rings. The number of rotatable bonds is 9. The predicted octanol–water partition coefficient (Wildman–Crippen LogP) is 3.89. The first-order valence-corrected chi connectivity index (χ1v) is 15.4. The molecule has 238 valence electrons. The third-order valence-electron chi connectivity index (χ3n) is 7.53. The van der Waals surface area contributed by atoms with E-state index in [1.165, 1.54) is 10.9 Å². The number of aliphatic hydroxyl groups excluding tert-OH is 3. The Morgan fingerprint density at radius 3 is 2.45 bits per heavy atom. The Morgan fingerprint density at radius 2 is 1.80 bits per heavy atom. The molecular weight excluding hydrogens is 648 g/mol. The highest BCUT2D eigenvalue weighted by Crippen LogP contribution is 2.41. The maximum Gasteiger partial charge on any atom is 0.246 e. The number of aromatic nitrogens is 3. The number of halogens is 5. The Morgan fingerprint density at radius 1 is 1.09 bits per heavy atom. The predicted molar refractivity (Wildman–Crippen MR) is 155 cm³/mol. The van der Waals surface area contributed by atoms with Gasteiger partial charge >= 0.3 is 0 Å². The molecule has 0 bridgehead atoms. The van der Waals surface area contributed by atoms with Gasteiger partial charge in [0, 0.05) is 16.5 Å². The van der Waals surface area contributed by atoms with Crippen molar-refractivity contribution >= 4 is 40.9 Å². The fraction of sp³-hybridized carbons (Fsp3) is 0.464. The van der Waals surface area contributed by atoms with Crippen LogP contribution in [0.5, 0.6) is 0 Å². The van der Waals surface area contributed by atoms with Crippen LogP contribution in [-0.4, -0.2) is 85.3 Å². The van der Waals surface area contributed by atoms with E-state index < -0.39 is 72.5 Å². The lowest BCUT2D eigenvalue weighted by atomic mass is 9.93. The zero-order chi connectivity index (χ0) is 31.5. The standard InChI is InChI=1S/C28H29Cl2F3N4O6S/c29-17-6-5-16(9-18(17)30)44-28-27(42-12-23(40)34-14-1-3-15(39)4-2-14)25(26(41)22(11-38)43-28)37-10-21(35-36-37)13-7-19(31)24(33)20(32)8-13/h5-10,14-15,22,25-28,38-39,41H,1-4,11-12H2,(H,34,40)/t14?,15?,22-,25+,26+,27-,28-/m1/s1.